The van der Waals surface area contributed by atoms with Crippen LogP contribution in [0.25, 0.3) is 22.4 Å². The first-order valence-corrected chi connectivity index (χ1v) is 11.4. The van der Waals surface area contributed by atoms with Gasteiger partial charge in [-0.2, -0.15) is 4.68 Å². The molecule has 2 aromatic carbocycles. The van der Waals surface area contributed by atoms with Crippen LogP contribution in [0.5, 0.6) is 0 Å². The Balaban J connectivity index is 1.62. The minimum Gasteiger partial charge on any atom is -0.355 e. The molecule has 2 aliphatic rings. The van der Waals surface area contributed by atoms with E-state index in [1.165, 1.54) is 0 Å². The van der Waals surface area contributed by atoms with Gasteiger partial charge < -0.3 is 9.80 Å². The number of fused-ring (bicyclic) bond motifs is 2. The minimum atomic E-state index is -0.260. The maximum absolute atomic E-state index is 13.6. The van der Waals surface area contributed by atoms with Gasteiger partial charge in [0.05, 0.1) is 34.2 Å². The van der Waals surface area contributed by atoms with E-state index in [-0.39, 0.29) is 17.5 Å². The third-order valence-electron chi connectivity index (χ3n) is 6.58. The van der Waals surface area contributed by atoms with Crippen molar-refractivity contribution in [2.24, 2.45) is 0 Å². The van der Waals surface area contributed by atoms with Gasteiger partial charge in [0.25, 0.3) is 5.56 Å². The van der Waals surface area contributed by atoms with Crippen molar-refractivity contribution in [1.82, 2.24) is 14.3 Å². The van der Waals surface area contributed by atoms with Gasteiger partial charge in [-0.15, -0.1) is 0 Å². The molecule has 8 heteroatoms. The summed E-state index contributed by atoms with van der Waals surface area (Å²) < 4.78 is 3.46. The van der Waals surface area contributed by atoms with Crippen LogP contribution in [0.3, 0.4) is 0 Å². The highest BCUT2D eigenvalue weighted by molar-refractivity contribution is 6.30. The molecule has 1 atom stereocenters. The summed E-state index contributed by atoms with van der Waals surface area (Å²) in [5.41, 5.74) is 3.12. The number of amides is 1. The van der Waals surface area contributed by atoms with Crippen LogP contribution in [0.4, 0.5) is 11.4 Å². The Morgan fingerprint density at radius 2 is 1.70 bits per heavy atom. The third-order valence-corrected chi connectivity index (χ3v) is 6.83. The molecule has 3 heterocycles. The second kappa shape index (κ2) is 7.22. The number of hydrogen-bond acceptors (Lipinski definition) is 4. The maximum atomic E-state index is 13.6. The van der Waals surface area contributed by atoms with E-state index >= 15 is 0 Å². The number of para-hydroxylation sites is 1. The number of likely N-dealkylation sites (N-methyl/N-ethyl adjacent to an activating group) is 1. The molecule has 4 aromatic rings. The van der Waals surface area contributed by atoms with Crippen molar-refractivity contribution in [2.45, 2.75) is 31.8 Å². The van der Waals surface area contributed by atoms with Gasteiger partial charge in [-0.25, -0.2) is 9.67 Å². The fourth-order valence-electron chi connectivity index (χ4n) is 4.80. The molecule has 0 radical (unpaired) electrons. The molecule has 0 spiro atoms. The summed E-state index contributed by atoms with van der Waals surface area (Å²) in [6, 6.07) is 16.9. The van der Waals surface area contributed by atoms with Crippen molar-refractivity contribution < 1.29 is 4.79 Å². The predicted octanol–water partition coefficient (Wildman–Crippen LogP) is 4.16. The first kappa shape index (κ1) is 20.1. The third kappa shape index (κ3) is 2.99. The Bertz CT molecular complexity index is 1470. The van der Waals surface area contributed by atoms with Gasteiger partial charge >= 0.3 is 0 Å². The van der Waals surface area contributed by atoms with Gasteiger partial charge in [-0.1, -0.05) is 23.7 Å². The Kier molecular flexibility index (Phi) is 4.39. The van der Waals surface area contributed by atoms with Crippen molar-refractivity contribution in [3.8, 4) is 11.5 Å². The van der Waals surface area contributed by atoms with Crippen LogP contribution in [0.15, 0.2) is 65.6 Å². The number of carbonyl (C=O) groups excluding carboxylic acids is 1. The molecule has 1 aliphatic carbocycles. The molecule has 2 aromatic heterocycles. The summed E-state index contributed by atoms with van der Waals surface area (Å²) in [4.78, 5) is 34.9. The number of pyridine rings is 1. The molecular formula is C25H22ClN5O2. The number of rotatable bonds is 3. The summed E-state index contributed by atoms with van der Waals surface area (Å²) in [6.45, 7) is 1.94. The zero-order chi connectivity index (χ0) is 22.9. The van der Waals surface area contributed by atoms with Crippen LogP contribution >= 0.6 is 11.6 Å². The first-order valence-electron chi connectivity index (χ1n) is 11.0. The Morgan fingerprint density at radius 3 is 2.42 bits per heavy atom. The van der Waals surface area contributed by atoms with Crippen molar-refractivity contribution in [3.63, 3.8) is 0 Å². The number of carbonyl (C=O) groups is 1. The number of hydrogen-bond donors (Lipinski definition) is 0. The quantitative estimate of drug-likeness (QED) is 0.461. The highest BCUT2D eigenvalue weighted by atomic mass is 35.5. The minimum absolute atomic E-state index is 0.0522. The first-order chi connectivity index (χ1) is 16.0. The second-order valence-corrected chi connectivity index (χ2v) is 9.10. The number of nitrogens with zero attached hydrogens (tertiary/aromatic N) is 5. The molecule has 1 aliphatic heterocycles. The van der Waals surface area contributed by atoms with E-state index in [9.17, 15) is 9.59 Å². The lowest BCUT2D eigenvalue weighted by Crippen LogP contribution is -2.51. The van der Waals surface area contributed by atoms with E-state index in [4.69, 9.17) is 11.6 Å². The molecule has 1 amide bonds. The smallest absolute Gasteiger partial charge is 0.281 e. The highest BCUT2D eigenvalue weighted by Gasteiger charge is 2.42. The zero-order valence-corrected chi connectivity index (χ0v) is 19.0. The molecule has 166 valence electrons. The molecule has 1 saturated carbocycles. The van der Waals surface area contributed by atoms with E-state index in [1.54, 1.807) is 35.0 Å². The summed E-state index contributed by atoms with van der Waals surface area (Å²) in [6.07, 6.45) is 3.81. The van der Waals surface area contributed by atoms with Gasteiger partial charge in [0.2, 0.25) is 5.91 Å². The molecule has 0 saturated heterocycles. The number of aromatic nitrogens is 3. The Morgan fingerprint density at radius 1 is 0.970 bits per heavy atom. The van der Waals surface area contributed by atoms with Crippen molar-refractivity contribution in [1.29, 1.82) is 0 Å². The van der Waals surface area contributed by atoms with Crippen LogP contribution in [-0.4, -0.2) is 39.4 Å². The van der Waals surface area contributed by atoms with Crippen molar-refractivity contribution in [2.75, 3.05) is 16.8 Å². The number of benzene rings is 2. The Hall–Kier alpha value is -3.58. The van der Waals surface area contributed by atoms with E-state index < -0.39 is 0 Å². The van der Waals surface area contributed by atoms with Crippen LogP contribution in [0, 0.1) is 0 Å². The average molecular weight is 460 g/mol. The SMILES string of the molecule is CC1C(=O)N(C)c2cnc(-n3c(=O)c4ccccc4n3-c3ccc(Cl)cc3)cc2N1C1CC1. The Labute approximate surface area is 195 Å². The fourth-order valence-corrected chi connectivity index (χ4v) is 4.92. The lowest BCUT2D eigenvalue weighted by molar-refractivity contribution is -0.119. The molecule has 1 unspecified atom stereocenters. The second-order valence-electron chi connectivity index (χ2n) is 8.67. The molecule has 6 rings (SSSR count). The van der Waals surface area contributed by atoms with Crippen molar-refractivity contribution in [3.05, 3.63) is 76.2 Å². The van der Waals surface area contributed by atoms with Crippen LogP contribution in [-0.2, 0) is 4.79 Å². The molecule has 33 heavy (non-hydrogen) atoms. The van der Waals surface area contributed by atoms with Gasteiger partial charge in [-0.05, 0) is 56.2 Å². The summed E-state index contributed by atoms with van der Waals surface area (Å²) in [7, 11) is 1.78. The predicted molar refractivity (Wildman–Crippen MR) is 130 cm³/mol. The van der Waals surface area contributed by atoms with Crippen LogP contribution in [0.1, 0.15) is 19.8 Å². The maximum Gasteiger partial charge on any atom is 0.281 e. The van der Waals surface area contributed by atoms with Gasteiger partial charge in [0, 0.05) is 24.2 Å². The van der Waals surface area contributed by atoms with Gasteiger partial charge in [0.1, 0.15) is 6.04 Å². The average Bonchev–Trinajstić information content (AvgIpc) is 3.62. The van der Waals surface area contributed by atoms with Crippen LogP contribution < -0.4 is 15.4 Å². The lowest BCUT2D eigenvalue weighted by atomic mass is 10.1. The van der Waals surface area contributed by atoms with E-state index in [1.807, 2.05) is 54.1 Å². The normalized spacial score (nSPS) is 18.2. The topological polar surface area (TPSA) is 63.4 Å². The summed E-state index contributed by atoms with van der Waals surface area (Å²) >= 11 is 6.12. The van der Waals surface area contributed by atoms with Crippen LogP contribution in [0.2, 0.25) is 5.02 Å². The monoisotopic (exact) mass is 459 g/mol. The standard InChI is InChI=1S/C25H22ClN5O2/c1-15-24(32)28(2)22-14-27-23(13-21(22)29(15)17-11-12-17)31-25(33)19-5-3-4-6-20(19)30(31)18-9-7-16(26)8-10-18/h3-10,13-15,17H,11-12H2,1-2H3. The molecule has 0 bridgehead atoms. The molecular weight excluding hydrogens is 438 g/mol. The molecule has 1 fully saturated rings. The van der Waals surface area contributed by atoms with E-state index in [2.05, 4.69) is 9.88 Å². The molecule has 7 nitrogen and oxygen atoms in total. The number of anilines is 2. The number of halogens is 1. The zero-order valence-electron chi connectivity index (χ0n) is 18.3. The van der Waals surface area contributed by atoms with Gasteiger partial charge in [-0.3, -0.25) is 9.59 Å². The van der Waals surface area contributed by atoms with E-state index in [0.29, 0.717) is 22.3 Å². The molecule has 0 N–H and O–H groups in total. The van der Waals surface area contributed by atoms with Gasteiger partial charge in [0.15, 0.2) is 5.82 Å². The fraction of sp³-hybridized carbons (Fsp3) is 0.240. The van der Waals surface area contributed by atoms with E-state index in [0.717, 1.165) is 35.4 Å². The summed E-state index contributed by atoms with van der Waals surface area (Å²) in [5.74, 6) is 0.557. The van der Waals surface area contributed by atoms with Crippen molar-refractivity contribution >= 4 is 39.8 Å². The lowest BCUT2D eigenvalue weighted by Gasteiger charge is -2.40. The largest absolute Gasteiger partial charge is 0.355 e. The summed E-state index contributed by atoms with van der Waals surface area (Å²) in [5, 5.41) is 1.23. The highest BCUT2D eigenvalue weighted by Crippen LogP contribution is 2.42.